The molecule has 0 spiro atoms. The van der Waals surface area contributed by atoms with Gasteiger partial charge in [0.25, 0.3) is 0 Å². The van der Waals surface area contributed by atoms with Crippen LogP contribution in [0.4, 0.5) is 11.4 Å². The molecule has 6 nitrogen and oxygen atoms in total. The van der Waals surface area contributed by atoms with Crippen LogP contribution in [0.3, 0.4) is 0 Å². The molecule has 2 N–H and O–H groups in total. The molecule has 0 unspecified atom stereocenters. The Kier molecular flexibility index (Phi) is 5.32. The van der Waals surface area contributed by atoms with Crippen LogP contribution >= 0.6 is 11.6 Å². The lowest BCUT2D eigenvalue weighted by Crippen LogP contribution is -2.51. The first-order valence-electron chi connectivity index (χ1n) is 8.34. The molecule has 2 aromatic rings. The Balaban J connectivity index is 1.58. The quantitative estimate of drug-likeness (QED) is 0.627. The molecule has 0 bridgehead atoms. The van der Waals surface area contributed by atoms with Gasteiger partial charge in [-0.2, -0.15) is 0 Å². The second-order valence-electron chi connectivity index (χ2n) is 6.23. The van der Waals surface area contributed by atoms with Crippen molar-refractivity contribution < 1.29 is 14.7 Å². The van der Waals surface area contributed by atoms with Gasteiger partial charge in [-0.25, -0.2) is 0 Å². The fourth-order valence-electron chi connectivity index (χ4n) is 2.91. The Labute approximate surface area is 157 Å². The number of phenolic OH excluding ortho intramolecular Hbond substituents is 1. The van der Waals surface area contributed by atoms with Crippen molar-refractivity contribution in [3.05, 3.63) is 53.1 Å². The van der Waals surface area contributed by atoms with Crippen molar-refractivity contribution in [2.45, 2.75) is 6.92 Å². The van der Waals surface area contributed by atoms with E-state index < -0.39 is 11.8 Å². The maximum Gasteiger partial charge on any atom is 0.314 e. The summed E-state index contributed by atoms with van der Waals surface area (Å²) < 4.78 is 0. The van der Waals surface area contributed by atoms with Gasteiger partial charge in [0, 0.05) is 36.9 Å². The second kappa shape index (κ2) is 7.66. The molecular formula is C19H20ClN3O3. The Morgan fingerprint density at radius 2 is 1.81 bits per heavy atom. The molecule has 2 aromatic carbocycles. The summed E-state index contributed by atoms with van der Waals surface area (Å²) in [6.45, 7) is 3.96. The minimum absolute atomic E-state index is 0.0584. The van der Waals surface area contributed by atoms with E-state index in [0.29, 0.717) is 31.2 Å². The molecule has 1 fully saturated rings. The summed E-state index contributed by atoms with van der Waals surface area (Å²) in [4.78, 5) is 28.2. The number of carbonyl (C=O) groups excluding carboxylic acids is 2. The Bertz CT molecular complexity index is 833. The first kappa shape index (κ1) is 18.1. The number of piperazine rings is 1. The van der Waals surface area contributed by atoms with Crippen molar-refractivity contribution in [1.29, 1.82) is 0 Å². The minimum Gasteiger partial charge on any atom is -0.506 e. The molecule has 0 aromatic heterocycles. The van der Waals surface area contributed by atoms with Crippen molar-refractivity contribution in [2.75, 3.05) is 36.4 Å². The van der Waals surface area contributed by atoms with Crippen molar-refractivity contribution in [3.63, 3.8) is 0 Å². The van der Waals surface area contributed by atoms with Gasteiger partial charge in [-0.05, 0) is 42.8 Å². The number of nitrogens with one attached hydrogen (secondary N) is 1. The van der Waals surface area contributed by atoms with Gasteiger partial charge in [0.15, 0.2) is 0 Å². The van der Waals surface area contributed by atoms with Gasteiger partial charge in [0.1, 0.15) is 5.75 Å². The normalized spacial score (nSPS) is 14.2. The van der Waals surface area contributed by atoms with Gasteiger partial charge in [0.05, 0.1) is 5.69 Å². The highest BCUT2D eigenvalue weighted by Crippen LogP contribution is 2.24. The van der Waals surface area contributed by atoms with Crippen molar-refractivity contribution in [1.82, 2.24) is 4.90 Å². The lowest BCUT2D eigenvalue weighted by Gasteiger charge is -2.35. The lowest BCUT2D eigenvalue weighted by molar-refractivity contribution is -0.143. The molecule has 26 heavy (non-hydrogen) atoms. The highest BCUT2D eigenvalue weighted by atomic mass is 35.5. The van der Waals surface area contributed by atoms with E-state index in [1.807, 2.05) is 31.2 Å². The van der Waals surface area contributed by atoms with Gasteiger partial charge < -0.3 is 20.2 Å². The summed E-state index contributed by atoms with van der Waals surface area (Å²) in [7, 11) is 0. The molecule has 0 aliphatic carbocycles. The molecule has 3 rings (SSSR count). The number of carbonyl (C=O) groups is 2. The molecular weight excluding hydrogens is 354 g/mol. The molecule has 7 heteroatoms. The van der Waals surface area contributed by atoms with E-state index in [1.54, 1.807) is 12.1 Å². The molecule has 0 atom stereocenters. The van der Waals surface area contributed by atoms with E-state index >= 15 is 0 Å². The molecule has 2 amide bonds. The maximum absolute atomic E-state index is 12.4. The Morgan fingerprint density at radius 1 is 1.08 bits per heavy atom. The number of rotatable bonds is 2. The molecule has 1 aliphatic heterocycles. The molecule has 1 aliphatic rings. The zero-order valence-electron chi connectivity index (χ0n) is 14.4. The van der Waals surface area contributed by atoms with E-state index in [9.17, 15) is 14.7 Å². The predicted molar refractivity (Wildman–Crippen MR) is 102 cm³/mol. The number of benzene rings is 2. The molecule has 0 radical (unpaired) electrons. The number of anilines is 2. The van der Waals surface area contributed by atoms with Gasteiger partial charge in [-0.3, -0.25) is 9.59 Å². The van der Waals surface area contributed by atoms with Crippen LogP contribution in [0.1, 0.15) is 5.56 Å². The van der Waals surface area contributed by atoms with E-state index in [1.165, 1.54) is 11.0 Å². The summed E-state index contributed by atoms with van der Waals surface area (Å²) in [5.41, 5.74) is 2.09. The molecule has 136 valence electrons. The second-order valence-corrected chi connectivity index (χ2v) is 6.67. The van der Waals surface area contributed by atoms with Crippen LogP contribution in [0.25, 0.3) is 0 Å². The third-order valence-electron chi connectivity index (χ3n) is 4.34. The number of aryl methyl sites for hydroxylation is 1. The predicted octanol–water partition coefficient (Wildman–Crippen LogP) is 2.64. The lowest BCUT2D eigenvalue weighted by atomic mass is 10.2. The first-order chi connectivity index (χ1) is 12.4. The average molecular weight is 374 g/mol. The number of nitrogens with zero attached hydrogens (tertiary/aromatic N) is 2. The van der Waals surface area contributed by atoms with E-state index in [2.05, 4.69) is 10.2 Å². The largest absolute Gasteiger partial charge is 0.506 e. The SMILES string of the molecule is Cc1ccc(NC(=O)C(=O)N2CCN(c3cccc(Cl)c3)CC2)c(O)c1. The third-order valence-corrected chi connectivity index (χ3v) is 4.57. The van der Waals surface area contributed by atoms with E-state index in [4.69, 9.17) is 11.6 Å². The monoisotopic (exact) mass is 373 g/mol. The summed E-state index contributed by atoms with van der Waals surface area (Å²) in [6.07, 6.45) is 0. The zero-order chi connectivity index (χ0) is 18.7. The van der Waals surface area contributed by atoms with Gasteiger partial charge >= 0.3 is 11.8 Å². The van der Waals surface area contributed by atoms with Gasteiger partial charge in [-0.15, -0.1) is 0 Å². The fourth-order valence-corrected chi connectivity index (χ4v) is 3.09. The number of phenols is 1. The average Bonchev–Trinajstić information content (AvgIpc) is 2.63. The molecule has 0 saturated carbocycles. The summed E-state index contributed by atoms with van der Waals surface area (Å²) in [6, 6.07) is 12.4. The van der Waals surface area contributed by atoms with E-state index in [0.717, 1.165) is 11.3 Å². The smallest absolute Gasteiger partial charge is 0.314 e. The van der Waals surface area contributed by atoms with Crippen molar-refractivity contribution >= 4 is 34.8 Å². The van der Waals surface area contributed by atoms with Crippen LogP contribution in [-0.4, -0.2) is 48.0 Å². The van der Waals surface area contributed by atoms with Crippen LogP contribution in [0.5, 0.6) is 5.75 Å². The maximum atomic E-state index is 12.4. The number of aromatic hydroxyl groups is 1. The van der Waals surface area contributed by atoms with Crippen molar-refractivity contribution in [3.8, 4) is 5.75 Å². The first-order valence-corrected chi connectivity index (χ1v) is 8.72. The topological polar surface area (TPSA) is 72.9 Å². The van der Waals surface area contributed by atoms with Gasteiger partial charge in [-0.1, -0.05) is 23.7 Å². The Hall–Kier alpha value is -2.73. The summed E-state index contributed by atoms with van der Waals surface area (Å²) >= 11 is 6.02. The number of hydrogen-bond acceptors (Lipinski definition) is 4. The van der Waals surface area contributed by atoms with E-state index in [-0.39, 0.29) is 11.4 Å². The number of hydrogen-bond donors (Lipinski definition) is 2. The molecule has 1 saturated heterocycles. The summed E-state index contributed by atoms with van der Waals surface area (Å²) in [5.74, 6) is -1.41. The number of amides is 2. The highest BCUT2D eigenvalue weighted by Gasteiger charge is 2.26. The minimum atomic E-state index is -0.750. The standard InChI is InChI=1S/C19H20ClN3O3/c1-13-5-6-16(17(24)11-13)21-18(25)19(26)23-9-7-22(8-10-23)15-4-2-3-14(20)12-15/h2-6,11-12,24H,7-10H2,1H3,(H,21,25). The highest BCUT2D eigenvalue weighted by molar-refractivity contribution is 6.39. The fraction of sp³-hybridized carbons (Fsp3) is 0.263. The Morgan fingerprint density at radius 3 is 2.46 bits per heavy atom. The third kappa shape index (κ3) is 4.08. The van der Waals surface area contributed by atoms with Crippen LogP contribution < -0.4 is 10.2 Å². The van der Waals surface area contributed by atoms with Gasteiger partial charge in [0.2, 0.25) is 0 Å². The number of halogens is 1. The van der Waals surface area contributed by atoms with Crippen LogP contribution in [-0.2, 0) is 9.59 Å². The van der Waals surface area contributed by atoms with Crippen LogP contribution in [0.15, 0.2) is 42.5 Å². The van der Waals surface area contributed by atoms with Crippen LogP contribution in [0.2, 0.25) is 5.02 Å². The molecule has 1 heterocycles. The van der Waals surface area contributed by atoms with Crippen LogP contribution in [0, 0.1) is 6.92 Å². The zero-order valence-corrected chi connectivity index (χ0v) is 15.2. The summed E-state index contributed by atoms with van der Waals surface area (Å²) in [5, 5.41) is 13.0. The van der Waals surface area contributed by atoms with Crippen molar-refractivity contribution in [2.24, 2.45) is 0 Å².